The van der Waals surface area contributed by atoms with Gasteiger partial charge in [0.2, 0.25) is 0 Å². The predicted octanol–water partition coefficient (Wildman–Crippen LogP) is 13.6. The van der Waals surface area contributed by atoms with Gasteiger partial charge in [-0.3, -0.25) is 0 Å². The van der Waals surface area contributed by atoms with Crippen LogP contribution in [0.4, 0.5) is 28.4 Å². The zero-order chi connectivity index (χ0) is 34.4. The summed E-state index contributed by atoms with van der Waals surface area (Å²) in [5.41, 5.74) is 15.3. The van der Waals surface area contributed by atoms with Crippen molar-refractivity contribution in [2.75, 3.05) is 16.8 Å². The number of hydrogen-bond donors (Lipinski definition) is 0. The van der Waals surface area contributed by atoms with Gasteiger partial charge in [0.05, 0.1) is 0 Å². The monoisotopic (exact) mass is 654 g/mol. The van der Waals surface area contributed by atoms with Crippen LogP contribution >= 0.6 is 0 Å². The second-order valence-electron chi connectivity index (χ2n) is 12.7. The summed E-state index contributed by atoms with van der Waals surface area (Å²) < 4.78 is 0. The Labute approximate surface area is 301 Å². The number of nitrogens with zero attached hydrogens (tertiary/aromatic N) is 2. The van der Waals surface area contributed by atoms with Gasteiger partial charge in [0, 0.05) is 35.5 Å². The number of hydrogen-bond acceptors (Lipinski definition) is 2. The van der Waals surface area contributed by atoms with Gasteiger partial charge in [0.25, 0.3) is 0 Å². The summed E-state index contributed by atoms with van der Waals surface area (Å²) >= 11 is 0. The molecule has 0 bridgehead atoms. The molecule has 0 radical (unpaired) electrons. The van der Waals surface area contributed by atoms with Crippen molar-refractivity contribution >= 4 is 28.4 Å². The van der Waals surface area contributed by atoms with E-state index in [1.165, 1.54) is 44.5 Å². The molecule has 8 aromatic rings. The van der Waals surface area contributed by atoms with E-state index in [1.54, 1.807) is 0 Å². The molecule has 2 heteroatoms. The summed E-state index contributed by atoms with van der Waals surface area (Å²) in [5.74, 6) is 0. The normalized spacial score (nSPS) is 10.8. The van der Waals surface area contributed by atoms with Crippen molar-refractivity contribution in [1.29, 1.82) is 0 Å². The van der Waals surface area contributed by atoms with Crippen molar-refractivity contribution in [3.05, 3.63) is 212 Å². The second-order valence-corrected chi connectivity index (χ2v) is 12.7. The van der Waals surface area contributed by atoms with Gasteiger partial charge in [-0.2, -0.15) is 0 Å². The van der Waals surface area contributed by atoms with Gasteiger partial charge in [0.15, 0.2) is 0 Å². The zero-order valence-electron chi connectivity index (χ0n) is 28.6. The van der Waals surface area contributed by atoms with Crippen molar-refractivity contribution in [1.82, 2.24) is 0 Å². The molecule has 8 rings (SSSR count). The molecule has 0 aromatic heterocycles. The van der Waals surface area contributed by atoms with Crippen LogP contribution in [-0.4, -0.2) is 7.05 Å². The van der Waals surface area contributed by atoms with Crippen LogP contribution < -0.4 is 9.80 Å². The topological polar surface area (TPSA) is 6.48 Å². The SMILES string of the molecule is CN(c1ccc(-c2ccccc2)cc1)c1ccc(-c2ccc(N(c3ccc(-c4ccccc4)cc3)c3ccc(-c4ccccc4)cc3)cc2)cc1. The maximum absolute atomic E-state index is 2.33. The first-order valence-corrected chi connectivity index (χ1v) is 17.4. The van der Waals surface area contributed by atoms with Gasteiger partial charge >= 0.3 is 0 Å². The molecule has 51 heavy (non-hydrogen) atoms. The lowest BCUT2D eigenvalue weighted by Crippen LogP contribution is -2.10. The Kier molecular flexibility index (Phi) is 8.96. The third-order valence-electron chi connectivity index (χ3n) is 9.54. The minimum absolute atomic E-state index is 1.11. The third-order valence-corrected chi connectivity index (χ3v) is 9.54. The van der Waals surface area contributed by atoms with Crippen LogP contribution in [0, 0.1) is 0 Å². The molecule has 0 amide bonds. The van der Waals surface area contributed by atoms with Crippen molar-refractivity contribution in [2.24, 2.45) is 0 Å². The molecule has 0 heterocycles. The Bertz CT molecular complexity index is 2210. The van der Waals surface area contributed by atoms with E-state index in [0.29, 0.717) is 0 Å². The van der Waals surface area contributed by atoms with Gasteiger partial charge in [-0.05, 0) is 105 Å². The molecule has 0 saturated heterocycles. The summed E-state index contributed by atoms with van der Waals surface area (Å²) in [6.07, 6.45) is 0. The maximum Gasteiger partial charge on any atom is 0.0462 e. The van der Waals surface area contributed by atoms with Gasteiger partial charge < -0.3 is 9.80 Å². The van der Waals surface area contributed by atoms with E-state index in [-0.39, 0.29) is 0 Å². The number of rotatable bonds is 9. The second kappa shape index (κ2) is 14.5. The summed E-state index contributed by atoms with van der Waals surface area (Å²) in [6.45, 7) is 0. The first kappa shape index (κ1) is 31.6. The van der Waals surface area contributed by atoms with Crippen molar-refractivity contribution in [2.45, 2.75) is 0 Å². The molecule has 0 aliphatic heterocycles. The third kappa shape index (κ3) is 6.94. The average Bonchev–Trinajstić information content (AvgIpc) is 3.22. The van der Waals surface area contributed by atoms with Gasteiger partial charge in [-0.15, -0.1) is 0 Å². The summed E-state index contributed by atoms with van der Waals surface area (Å²) in [5, 5.41) is 0. The van der Waals surface area contributed by atoms with E-state index < -0.39 is 0 Å². The molecule has 0 unspecified atom stereocenters. The molecule has 0 aliphatic carbocycles. The van der Waals surface area contributed by atoms with Crippen LogP contribution in [0.1, 0.15) is 0 Å². The highest BCUT2D eigenvalue weighted by atomic mass is 15.1. The lowest BCUT2D eigenvalue weighted by molar-refractivity contribution is 1.21. The lowest BCUT2D eigenvalue weighted by Gasteiger charge is -2.26. The van der Waals surface area contributed by atoms with Gasteiger partial charge in [0.1, 0.15) is 0 Å². The minimum Gasteiger partial charge on any atom is -0.345 e. The highest BCUT2D eigenvalue weighted by molar-refractivity contribution is 5.81. The van der Waals surface area contributed by atoms with E-state index >= 15 is 0 Å². The highest BCUT2D eigenvalue weighted by Gasteiger charge is 2.14. The molecule has 244 valence electrons. The molecule has 0 saturated carbocycles. The summed E-state index contributed by atoms with van der Waals surface area (Å²) in [7, 11) is 2.12. The van der Waals surface area contributed by atoms with E-state index in [9.17, 15) is 0 Å². The number of benzene rings is 8. The highest BCUT2D eigenvalue weighted by Crippen LogP contribution is 2.38. The fraction of sp³-hybridized carbons (Fsp3) is 0.0204. The van der Waals surface area contributed by atoms with E-state index in [2.05, 4.69) is 229 Å². The average molecular weight is 655 g/mol. The van der Waals surface area contributed by atoms with Crippen LogP contribution in [0.3, 0.4) is 0 Å². The zero-order valence-corrected chi connectivity index (χ0v) is 28.6. The van der Waals surface area contributed by atoms with E-state index in [0.717, 1.165) is 28.4 Å². The summed E-state index contributed by atoms with van der Waals surface area (Å²) in [4.78, 5) is 4.56. The Hall–Kier alpha value is -6.64. The summed E-state index contributed by atoms with van der Waals surface area (Å²) in [6, 6.07) is 75.7. The van der Waals surface area contributed by atoms with Crippen molar-refractivity contribution in [3.8, 4) is 44.5 Å². The largest absolute Gasteiger partial charge is 0.345 e. The van der Waals surface area contributed by atoms with Crippen LogP contribution in [-0.2, 0) is 0 Å². The van der Waals surface area contributed by atoms with E-state index in [4.69, 9.17) is 0 Å². The van der Waals surface area contributed by atoms with Crippen LogP contribution in [0.2, 0.25) is 0 Å². The fourth-order valence-corrected chi connectivity index (χ4v) is 6.65. The van der Waals surface area contributed by atoms with Crippen LogP contribution in [0.15, 0.2) is 212 Å². The van der Waals surface area contributed by atoms with Gasteiger partial charge in [-0.25, -0.2) is 0 Å². The molecule has 0 spiro atoms. The first-order valence-electron chi connectivity index (χ1n) is 17.4. The standard InChI is InChI=1S/C49H38N2/c1-50(45-27-17-40(18-28-45)37-11-5-2-6-12-37)46-29-19-43(20-30-46)44-25-35-49(36-26-44)51(47-31-21-41(22-32-47)38-13-7-3-8-14-38)48-33-23-42(24-34-48)39-15-9-4-10-16-39/h2-36H,1H3. The number of anilines is 5. The van der Waals surface area contributed by atoms with Gasteiger partial charge in [-0.1, -0.05) is 152 Å². The quantitative estimate of drug-likeness (QED) is 0.153. The molecule has 0 fully saturated rings. The minimum atomic E-state index is 1.11. The Morgan fingerprint density at radius 1 is 0.216 bits per heavy atom. The first-order chi connectivity index (χ1) is 25.2. The van der Waals surface area contributed by atoms with Crippen LogP contribution in [0.5, 0.6) is 0 Å². The van der Waals surface area contributed by atoms with Crippen molar-refractivity contribution < 1.29 is 0 Å². The van der Waals surface area contributed by atoms with Crippen LogP contribution in [0.25, 0.3) is 44.5 Å². The maximum atomic E-state index is 2.33. The Morgan fingerprint density at radius 3 is 0.647 bits per heavy atom. The Morgan fingerprint density at radius 2 is 0.412 bits per heavy atom. The predicted molar refractivity (Wildman–Crippen MR) is 217 cm³/mol. The molecule has 2 nitrogen and oxygen atoms in total. The van der Waals surface area contributed by atoms with E-state index in [1.807, 2.05) is 0 Å². The Balaban J connectivity index is 1.05. The molecule has 0 aliphatic rings. The molecule has 8 aromatic carbocycles. The lowest BCUT2D eigenvalue weighted by atomic mass is 10.0. The van der Waals surface area contributed by atoms with Crippen molar-refractivity contribution in [3.63, 3.8) is 0 Å². The fourth-order valence-electron chi connectivity index (χ4n) is 6.65. The molecule has 0 N–H and O–H groups in total. The molecule has 0 atom stereocenters. The molecular weight excluding hydrogens is 617 g/mol. The molecular formula is C49H38N2. The smallest absolute Gasteiger partial charge is 0.0462 e.